The van der Waals surface area contributed by atoms with E-state index in [1.54, 1.807) is 37.3 Å². The van der Waals surface area contributed by atoms with Gasteiger partial charge in [-0.05, 0) is 55.8 Å². The molecule has 2 rings (SSSR count). The van der Waals surface area contributed by atoms with Gasteiger partial charge in [-0.2, -0.15) is 0 Å². The zero-order valence-electron chi connectivity index (χ0n) is 15.3. The Morgan fingerprint density at radius 2 is 1.57 bits per heavy atom. The van der Waals surface area contributed by atoms with Crippen LogP contribution in [-0.4, -0.2) is 30.9 Å². The summed E-state index contributed by atoms with van der Waals surface area (Å²) in [5.74, 6) is -0.901. The van der Waals surface area contributed by atoms with Crippen LogP contribution < -0.4 is 10.6 Å². The van der Waals surface area contributed by atoms with Gasteiger partial charge in [-0.25, -0.2) is 0 Å². The summed E-state index contributed by atoms with van der Waals surface area (Å²) >= 11 is 11.8. The van der Waals surface area contributed by atoms with Crippen molar-refractivity contribution < 1.29 is 19.1 Å². The first-order valence-corrected chi connectivity index (χ1v) is 9.46. The topological polar surface area (TPSA) is 84.5 Å². The van der Waals surface area contributed by atoms with Gasteiger partial charge >= 0.3 is 5.97 Å². The third-order valence-corrected chi connectivity index (χ3v) is 4.11. The monoisotopic (exact) mass is 422 g/mol. The molecule has 2 aromatic carbocycles. The summed E-state index contributed by atoms with van der Waals surface area (Å²) < 4.78 is 4.82. The first kappa shape index (κ1) is 21.7. The minimum Gasteiger partial charge on any atom is -0.466 e. The van der Waals surface area contributed by atoms with E-state index >= 15 is 0 Å². The average molecular weight is 423 g/mol. The summed E-state index contributed by atoms with van der Waals surface area (Å²) in [6.45, 7) is 2.46. The van der Waals surface area contributed by atoms with Crippen LogP contribution in [0.3, 0.4) is 0 Å². The Kier molecular flexibility index (Phi) is 8.29. The molecule has 0 bridgehead atoms. The van der Waals surface area contributed by atoms with Crippen molar-refractivity contribution in [2.75, 3.05) is 18.5 Å². The van der Waals surface area contributed by atoms with E-state index in [-0.39, 0.29) is 24.2 Å². The second-order valence-electron chi connectivity index (χ2n) is 5.85. The summed E-state index contributed by atoms with van der Waals surface area (Å²) in [5, 5.41) is 6.18. The molecule has 0 heterocycles. The van der Waals surface area contributed by atoms with Crippen LogP contribution in [0.25, 0.3) is 0 Å². The Labute approximate surface area is 173 Å². The Morgan fingerprint density at radius 3 is 2.18 bits per heavy atom. The van der Waals surface area contributed by atoms with Crippen LogP contribution in [0.5, 0.6) is 0 Å². The number of benzene rings is 2. The Bertz CT molecular complexity index is 834. The van der Waals surface area contributed by atoms with Crippen molar-refractivity contribution in [3.63, 3.8) is 0 Å². The normalized spacial score (nSPS) is 10.2. The van der Waals surface area contributed by atoms with E-state index in [2.05, 4.69) is 10.6 Å². The minimum atomic E-state index is -0.361. The number of halogens is 2. The van der Waals surface area contributed by atoms with Crippen molar-refractivity contribution in [2.24, 2.45) is 0 Å². The molecule has 0 aliphatic carbocycles. The fourth-order valence-electron chi connectivity index (χ4n) is 2.36. The van der Waals surface area contributed by atoms with E-state index in [0.29, 0.717) is 46.4 Å². The molecule has 148 valence electrons. The summed E-state index contributed by atoms with van der Waals surface area (Å²) in [6.07, 6.45) is 0.757. The molecule has 0 unspecified atom stereocenters. The van der Waals surface area contributed by atoms with Gasteiger partial charge in [0.15, 0.2) is 0 Å². The highest BCUT2D eigenvalue weighted by Crippen LogP contribution is 2.20. The molecule has 0 aliphatic rings. The maximum atomic E-state index is 12.3. The number of amides is 2. The number of hydrogen-bond donors (Lipinski definition) is 2. The molecule has 0 atom stereocenters. The van der Waals surface area contributed by atoms with Gasteiger partial charge in [0, 0.05) is 39.8 Å². The number of carbonyl (C=O) groups is 3. The predicted octanol–water partition coefficient (Wildman–Crippen LogP) is 4.32. The van der Waals surface area contributed by atoms with Crippen LogP contribution in [0, 0.1) is 0 Å². The predicted molar refractivity (Wildman–Crippen MR) is 109 cm³/mol. The molecule has 0 fully saturated rings. The fraction of sp³-hybridized carbons (Fsp3) is 0.250. The molecule has 0 saturated carbocycles. The molecule has 6 nitrogen and oxygen atoms in total. The highest BCUT2D eigenvalue weighted by molar-refractivity contribution is 6.35. The zero-order chi connectivity index (χ0) is 20.5. The molecule has 0 radical (unpaired) electrons. The quantitative estimate of drug-likeness (QED) is 0.489. The Morgan fingerprint density at radius 1 is 0.929 bits per heavy atom. The minimum absolute atomic E-state index is 0.257. The van der Waals surface area contributed by atoms with Gasteiger partial charge in [-0.3, -0.25) is 14.4 Å². The lowest BCUT2D eigenvalue weighted by molar-refractivity contribution is -0.143. The van der Waals surface area contributed by atoms with Gasteiger partial charge in [-0.15, -0.1) is 0 Å². The number of esters is 1. The van der Waals surface area contributed by atoms with Gasteiger partial charge in [0.25, 0.3) is 11.8 Å². The molecule has 2 aromatic rings. The number of nitrogens with one attached hydrogen (secondary N) is 2. The number of anilines is 1. The molecule has 2 N–H and O–H groups in total. The largest absolute Gasteiger partial charge is 0.466 e. The number of ether oxygens (including phenoxy) is 1. The van der Waals surface area contributed by atoms with Crippen molar-refractivity contribution in [2.45, 2.75) is 19.8 Å². The van der Waals surface area contributed by atoms with Crippen molar-refractivity contribution in [3.05, 3.63) is 63.6 Å². The zero-order valence-corrected chi connectivity index (χ0v) is 16.8. The SMILES string of the molecule is CCOC(=O)CCCNC(=O)c1ccc(NC(=O)c2cc(Cl)cc(Cl)c2)cc1. The molecule has 28 heavy (non-hydrogen) atoms. The molecule has 0 spiro atoms. The fourth-order valence-corrected chi connectivity index (χ4v) is 2.89. The standard InChI is InChI=1S/C20H20Cl2N2O4/c1-2-28-18(25)4-3-9-23-19(26)13-5-7-17(8-6-13)24-20(27)14-10-15(21)12-16(22)11-14/h5-8,10-12H,2-4,9H2,1H3,(H,23,26)(H,24,27). The van der Waals surface area contributed by atoms with E-state index in [9.17, 15) is 14.4 Å². The maximum Gasteiger partial charge on any atom is 0.305 e. The summed E-state index contributed by atoms with van der Waals surface area (Å²) in [5.41, 5.74) is 1.31. The number of carbonyl (C=O) groups excluding carboxylic acids is 3. The third kappa shape index (κ3) is 6.87. The molecule has 0 aliphatic heterocycles. The number of hydrogen-bond acceptors (Lipinski definition) is 4. The first-order chi connectivity index (χ1) is 13.4. The molecular weight excluding hydrogens is 403 g/mol. The van der Waals surface area contributed by atoms with Gasteiger partial charge in [0.1, 0.15) is 0 Å². The second kappa shape index (κ2) is 10.7. The average Bonchev–Trinajstić information content (AvgIpc) is 2.65. The lowest BCUT2D eigenvalue weighted by Crippen LogP contribution is -2.25. The van der Waals surface area contributed by atoms with Crippen molar-refractivity contribution in [1.82, 2.24) is 5.32 Å². The van der Waals surface area contributed by atoms with Crippen LogP contribution in [0.2, 0.25) is 10.0 Å². The summed E-state index contributed by atoms with van der Waals surface area (Å²) in [4.78, 5) is 35.6. The van der Waals surface area contributed by atoms with E-state index in [1.807, 2.05) is 0 Å². The van der Waals surface area contributed by atoms with Crippen LogP contribution in [0.1, 0.15) is 40.5 Å². The van der Waals surface area contributed by atoms with E-state index in [0.717, 1.165) is 0 Å². The highest BCUT2D eigenvalue weighted by Gasteiger charge is 2.10. The molecule has 8 heteroatoms. The molecule has 0 aromatic heterocycles. The lowest BCUT2D eigenvalue weighted by Gasteiger charge is -2.08. The van der Waals surface area contributed by atoms with Crippen LogP contribution in [-0.2, 0) is 9.53 Å². The van der Waals surface area contributed by atoms with Crippen molar-refractivity contribution in [1.29, 1.82) is 0 Å². The van der Waals surface area contributed by atoms with Crippen LogP contribution in [0.4, 0.5) is 5.69 Å². The maximum absolute atomic E-state index is 12.3. The van der Waals surface area contributed by atoms with Gasteiger partial charge in [0.05, 0.1) is 6.61 Å². The van der Waals surface area contributed by atoms with Gasteiger partial charge in [0.2, 0.25) is 0 Å². The molecular formula is C20H20Cl2N2O4. The highest BCUT2D eigenvalue weighted by atomic mass is 35.5. The van der Waals surface area contributed by atoms with Crippen molar-refractivity contribution >= 4 is 46.7 Å². The van der Waals surface area contributed by atoms with E-state index in [1.165, 1.54) is 12.1 Å². The number of rotatable bonds is 8. The molecule has 0 saturated heterocycles. The third-order valence-electron chi connectivity index (χ3n) is 3.68. The van der Waals surface area contributed by atoms with Crippen LogP contribution >= 0.6 is 23.2 Å². The van der Waals surface area contributed by atoms with Gasteiger partial charge < -0.3 is 15.4 Å². The van der Waals surface area contributed by atoms with Crippen molar-refractivity contribution in [3.8, 4) is 0 Å². The summed E-state index contributed by atoms with van der Waals surface area (Å²) in [6, 6.07) is 11.0. The Hall–Kier alpha value is -2.57. The second-order valence-corrected chi connectivity index (χ2v) is 6.73. The van der Waals surface area contributed by atoms with Gasteiger partial charge in [-0.1, -0.05) is 23.2 Å². The Balaban J connectivity index is 1.86. The van der Waals surface area contributed by atoms with E-state index in [4.69, 9.17) is 27.9 Å². The smallest absolute Gasteiger partial charge is 0.305 e. The van der Waals surface area contributed by atoms with E-state index < -0.39 is 0 Å². The lowest BCUT2D eigenvalue weighted by atomic mass is 10.1. The molecule has 2 amide bonds. The van der Waals surface area contributed by atoms with Crippen LogP contribution in [0.15, 0.2) is 42.5 Å². The summed E-state index contributed by atoms with van der Waals surface area (Å²) in [7, 11) is 0. The first-order valence-electron chi connectivity index (χ1n) is 8.70.